The molecule has 1 aromatic carbocycles. The van der Waals surface area contributed by atoms with Crippen LogP contribution in [-0.2, 0) is 6.54 Å². The summed E-state index contributed by atoms with van der Waals surface area (Å²) >= 11 is 12.3. The predicted octanol–water partition coefficient (Wildman–Crippen LogP) is 3.48. The largest absolute Gasteiger partial charge is 0.288 e. The summed E-state index contributed by atoms with van der Waals surface area (Å²) in [4.78, 5) is 16.2. The number of H-pyrrole nitrogens is 1. The quantitative estimate of drug-likeness (QED) is 0.624. The van der Waals surface area contributed by atoms with Crippen LogP contribution >= 0.6 is 43.5 Å². The summed E-state index contributed by atoms with van der Waals surface area (Å²) in [7, 11) is 0. The second kappa shape index (κ2) is 6.81. The van der Waals surface area contributed by atoms with Crippen LogP contribution in [0.5, 0.6) is 0 Å². The Morgan fingerprint density at radius 3 is 2.70 bits per heavy atom. The van der Waals surface area contributed by atoms with Crippen LogP contribution in [0, 0.1) is 0 Å². The van der Waals surface area contributed by atoms with Crippen molar-refractivity contribution >= 4 is 55.3 Å². The van der Waals surface area contributed by atoms with Crippen molar-refractivity contribution in [2.24, 2.45) is 0 Å². The normalized spacial score (nSPS) is 10.7. The lowest BCUT2D eigenvalue weighted by Crippen LogP contribution is -2.14. The van der Waals surface area contributed by atoms with E-state index in [1.165, 1.54) is 0 Å². The number of carbonyl (C=O) groups is 1. The highest BCUT2D eigenvalue weighted by Gasteiger charge is 2.18. The van der Waals surface area contributed by atoms with E-state index in [1.807, 2.05) is 24.3 Å². The van der Waals surface area contributed by atoms with Gasteiger partial charge in [0.25, 0.3) is 5.91 Å². The first-order valence-electron chi connectivity index (χ1n) is 6.37. The minimum atomic E-state index is -0.414. The molecule has 0 saturated heterocycles. The van der Waals surface area contributed by atoms with Crippen LogP contribution < -0.4 is 5.32 Å². The Morgan fingerprint density at radius 2 is 2.04 bits per heavy atom. The molecule has 0 radical (unpaired) electrons. The highest BCUT2D eigenvalue weighted by molar-refractivity contribution is 9.13. The van der Waals surface area contributed by atoms with E-state index in [4.69, 9.17) is 11.6 Å². The summed E-state index contributed by atoms with van der Waals surface area (Å²) < 4.78 is 2.74. The van der Waals surface area contributed by atoms with Crippen molar-refractivity contribution in [1.82, 2.24) is 25.0 Å². The molecule has 0 aliphatic rings. The lowest BCUT2D eigenvalue weighted by molar-refractivity contribution is 0.102. The Kier molecular flexibility index (Phi) is 4.79. The van der Waals surface area contributed by atoms with Gasteiger partial charge in [-0.3, -0.25) is 15.2 Å². The number of carbonyl (C=O) groups excluding carboxylic acids is 1. The zero-order valence-corrected chi connectivity index (χ0v) is 15.4. The third kappa shape index (κ3) is 3.80. The molecule has 7 nitrogen and oxygen atoms in total. The fraction of sp³-hybridized carbons (Fsp3) is 0.0769. The molecule has 0 unspecified atom stereocenters. The Morgan fingerprint density at radius 1 is 1.30 bits per heavy atom. The molecule has 0 fully saturated rings. The Hall–Kier alpha value is -1.71. The average Bonchev–Trinajstić information content (AvgIpc) is 3.09. The lowest BCUT2D eigenvalue weighted by atomic mass is 10.2. The van der Waals surface area contributed by atoms with Crippen LogP contribution in [0.4, 0.5) is 5.95 Å². The number of aromatic amines is 1. The number of nitrogens with zero attached hydrogens (tertiary/aromatic N) is 4. The number of aromatic nitrogens is 5. The summed E-state index contributed by atoms with van der Waals surface area (Å²) in [5.41, 5.74) is 1.24. The molecule has 2 aromatic heterocycles. The average molecular weight is 461 g/mol. The van der Waals surface area contributed by atoms with Crippen molar-refractivity contribution in [3.05, 3.63) is 55.9 Å². The van der Waals surface area contributed by atoms with Gasteiger partial charge >= 0.3 is 0 Å². The number of rotatable bonds is 4. The molecule has 3 aromatic rings. The molecule has 0 saturated carbocycles. The topological polar surface area (TPSA) is 88.5 Å². The van der Waals surface area contributed by atoms with E-state index in [-0.39, 0.29) is 11.6 Å². The number of benzene rings is 1. The highest BCUT2D eigenvalue weighted by Crippen LogP contribution is 2.24. The Labute approximate surface area is 152 Å². The molecule has 0 spiro atoms. The molecule has 10 heteroatoms. The smallest absolute Gasteiger partial charge is 0.279 e. The predicted molar refractivity (Wildman–Crippen MR) is 92.5 cm³/mol. The number of nitrogens with one attached hydrogen (secondary N) is 2. The third-order valence-corrected chi connectivity index (χ3v) is 5.03. The zero-order chi connectivity index (χ0) is 16.4. The Balaban J connectivity index is 1.68. The third-order valence-electron chi connectivity index (χ3n) is 2.90. The SMILES string of the molecule is O=C(Nc1ncn(Cc2ccc(Cl)cc2)n1)c1n[nH]c(Br)c1Br. The van der Waals surface area contributed by atoms with Crippen molar-refractivity contribution < 1.29 is 4.79 Å². The van der Waals surface area contributed by atoms with E-state index in [9.17, 15) is 4.79 Å². The van der Waals surface area contributed by atoms with Crippen molar-refractivity contribution in [2.45, 2.75) is 6.54 Å². The van der Waals surface area contributed by atoms with E-state index in [0.717, 1.165) is 5.56 Å². The number of anilines is 1. The van der Waals surface area contributed by atoms with Crippen LogP contribution in [0.25, 0.3) is 0 Å². The molecule has 0 bridgehead atoms. The zero-order valence-electron chi connectivity index (χ0n) is 11.4. The van der Waals surface area contributed by atoms with Crippen molar-refractivity contribution in [2.75, 3.05) is 5.32 Å². The summed E-state index contributed by atoms with van der Waals surface area (Å²) in [5, 5.41) is 14.0. The molecule has 2 N–H and O–H groups in total. The van der Waals surface area contributed by atoms with Crippen LogP contribution in [0.3, 0.4) is 0 Å². The minimum Gasteiger partial charge on any atom is -0.288 e. The van der Waals surface area contributed by atoms with Crippen LogP contribution in [0.2, 0.25) is 5.02 Å². The molecule has 118 valence electrons. The summed E-state index contributed by atoms with van der Waals surface area (Å²) in [5.74, 6) is -0.210. The van der Waals surface area contributed by atoms with Gasteiger partial charge < -0.3 is 0 Å². The molecule has 1 amide bonds. The van der Waals surface area contributed by atoms with Gasteiger partial charge in [-0.2, -0.15) is 5.10 Å². The van der Waals surface area contributed by atoms with E-state index >= 15 is 0 Å². The highest BCUT2D eigenvalue weighted by atomic mass is 79.9. The Bertz CT molecular complexity index is 845. The first kappa shape index (κ1) is 16.2. The van der Waals surface area contributed by atoms with Gasteiger partial charge in [0.1, 0.15) is 10.9 Å². The molecule has 0 aliphatic heterocycles. The summed E-state index contributed by atoms with van der Waals surface area (Å²) in [6, 6.07) is 7.42. The maximum atomic E-state index is 12.1. The second-order valence-corrected chi connectivity index (χ2v) is 6.57. The number of hydrogen-bond donors (Lipinski definition) is 2. The first-order chi connectivity index (χ1) is 11.0. The van der Waals surface area contributed by atoms with Gasteiger partial charge in [-0.05, 0) is 49.6 Å². The van der Waals surface area contributed by atoms with Crippen molar-refractivity contribution in [3.63, 3.8) is 0 Å². The number of amides is 1. The van der Waals surface area contributed by atoms with E-state index < -0.39 is 5.91 Å². The molecular weight excluding hydrogens is 451 g/mol. The van der Waals surface area contributed by atoms with Crippen LogP contribution in [0.15, 0.2) is 39.7 Å². The molecule has 3 rings (SSSR count). The summed E-state index contributed by atoms with van der Waals surface area (Å²) in [6.07, 6.45) is 1.54. The van der Waals surface area contributed by atoms with Gasteiger partial charge in [0.15, 0.2) is 5.69 Å². The van der Waals surface area contributed by atoms with Gasteiger partial charge in [-0.15, -0.1) is 5.10 Å². The van der Waals surface area contributed by atoms with E-state index in [1.54, 1.807) is 11.0 Å². The maximum Gasteiger partial charge on any atom is 0.279 e. The second-order valence-electron chi connectivity index (χ2n) is 4.55. The fourth-order valence-corrected chi connectivity index (χ4v) is 2.58. The molecular formula is C13H9Br2ClN6O. The first-order valence-corrected chi connectivity index (χ1v) is 8.34. The van der Waals surface area contributed by atoms with Gasteiger partial charge in [-0.25, -0.2) is 9.67 Å². The van der Waals surface area contributed by atoms with Crippen LogP contribution in [-0.4, -0.2) is 30.9 Å². The fourth-order valence-electron chi connectivity index (χ4n) is 1.82. The van der Waals surface area contributed by atoms with Gasteiger partial charge in [0.05, 0.1) is 11.0 Å². The number of halogens is 3. The van der Waals surface area contributed by atoms with Gasteiger partial charge in [0.2, 0.25) is 5.95 Å². The van der Waals surface area contributed by atoms with Crippen LogP contribution in [0.1, 0.15) is 16.1 Å². The molecule has 0 aliphatic carbocycles. The van der Waals surface area contributed by atoms with Gasteiger partial charge in [0, 0.05) is 5.02 Å². The van der Waals surface area contributed by atoms with E-state index in [2.05, 4.69) is 57.5 Å². The standard InChI is InChI=1S/C13H9Br2ClN6O/c14-9-10(19-20-11(9)15)12(23)18-13-17-6-22(21-13)5-7-1-3-8(16)4-2-7/h1-4,6H,5H2,(H,19,20)(H,18,21,23). The van der Waals surface area contributed by atoms with Gasteiger partial charge in [-0.1, -0.05) is 23.7 Å². The lowest BCUT2D eigenvalue weighted by Gasteiger charge is -2.01. The van der Waals surface area contributed by atoms with Crippen molar-refractivity contribution in [1.29, 1.82) is 0 Å². The monoisotopic (exact) mass is 458 g/mol. The molecule has 2 heterocycles. The maximum absolute atomic E-state index is 12.1. The molecule has 23 heavy (non-hydrogen) atoms. The summed E-state index contributed by atoms with van der Waals surface area (Å²) in [6.45, 7) is 0.525. The van der Waals surface area contributed by atoms with E-state index in [0.29, 0.717) is 20.6 Å². The van der Waals surface area contributed by atoms with Crippen molar-refractivity contribution in [3.8, 4) is 0 Å². The molecule has 0 atom stereocenters. The minimum absolute atomic E-state index is 0.204. The number of hydrogen-bond acceptors (Lipinski definition) is 4.